The third kappa shape index (κ3) is 2.56. The lowest BCUT2D eigenvalue weighted by Gasteiger charge is -2.23. The van der Waals surface area contributed by atoms with Gasteiger partial charge in [-0.1, -0.05) is 6.07 Å². The second-order valence-corrected chi connectivity index (χ2v) is 6.61. The first-order chi connectivity index (χ1) is 9.66. The first-order valence-electron chi connectivity index (χ1n) is 6.46. The molecule has 2 aromatic rings. The Kier molecular flexibility index (Phi) is 3.98. The summed E-state index contributed by atoms with van der Waals surface area (Å²) in [7, 11) is 0. The maximum atomic E-state index is 12.7. The SMILES string of the molecule is O=C(c1ncc(Br)cc1Br)C1CCCc2cccnc21. The molecule has 1 aliphatic rings. The van der Waals surface area contributed by atoms with Crippen LogP contribution >= 0.6 is 31.9 Å². The number of hydrogen-bond acceptors (Lipinski definition) is 3. The summed E-state index contributed by atoms with van der Waals surface area (Å²) in [4.78, 5) is 21.4. The normalized spacial score (nSPS) is 17.6. The number of carbonyl (C=O) groups is 1. The van der Waals surface area contributed by atoms with Gasteiger partial charge >= 0.3 is 0 Å². The van der Waals surface area contributed by atoms with E-state index in [1.807, 2.05) is 12.1 Å². The molecule has 20 heavy (non-hydrogen) atoms. The molecule has 0 fully saturated rings. The molecule has 0 amide bonds. The van der Waals surface area contributed by atoms with Gasteiger partial charge in [-0.2, -0.15) is 0 Å². The second-order valence-electron chi connectivity index (χ2n) is 4.84. The number of carbonyl (C=O) groups excluding carboxylic acids is 1. The number of aryl methyl sites for hydroxylation is 1. The quantitative estimate of drug-likeness (QED) is 0.711. The lowest BCUT2D eigenvalue weighted by molar-refractivity contribution is 0.0943. The molecule has 3 nitrogen and oxygen atoms in total. The minimum atomic E-state index is -0.176. The van der Waals surface area contributed by atoms with Crippen LogP contribution in [0.15, 0.2) is 39.5 Å². The molecule has 1 unspecified atom stereocenters. The molecule has 3 rings (SSSR count). The van der Waals surface area contributed by atoms with Gasteiger partial charge in [0.05, 0.1) is 11.6 Å². The third-order valence-corrected chi connectivity index (χ3v) is 4.59. The molecule has 0 saturated carbocycles. The van der Waals surface area contributed by atoms with Gasteiger partial charge in [0.2, 0.25) is 0 Å². The van der Waals surface area contributed by atoms with Crippen LogP contribution < -0.4 is 0 Å². The Morgan fingerprint density at radius 1 is 1.30 bits per heavy atom. The van der Waals surface area contributed by atoms with Crippen molar-refractivity contribution in [2.45, 2.75) is 25.2 Å². The second kappa shape index (κ2) is 5.74. The fraction of sp³-hybridized carbons (Fsp3) is 0.267. The fourth-order valence-electron chi connectivity index (χ4n) is 2.63. The van der Waals surface area contributed by atoms with Gasteiger partial charge in [-0.3, -0.25) is 14.8 Å². The topological polar surface area (TPSA) is 42.9 Å². The highest BCUT2D eigenvalue weighted by molar-refractivity contribution is 9.11. The predicted molar refractivity (Wildman–Crippen MR) is 83.9 cm³/mol. The molecule has 1 atom stereocenters. The molecule has 2 aromatic heterocycles. The number of fused-ring (bicyclic) bond motifs is 1. The average Bonchev–Trinajstić information content (AvgIpc) is 2.46. The zero-order valence-corrected chi connectivity index (χ0v) is 13.8. The Morgan fingerprint density at radius 3 is 2.95 bits per heavy atom. The smallest absolute Gasteiger partial charge is 0.191 e. The van der Waals surface area contributed by atoms with E-state index in [-0.39, 0.29) is 11.7 Å². The van der Waals surface area contributed by atoms with E-state index in [0.29, 0.717) is 5.69 Å². The molecule has 0 N–H and O–H groups in total. The van der Waals surface area contributed by atoms with Crippen LogP contribution in [0.2, 0.25) is 0 Å². The van der Waals surface area contributed by atoms with Gasteiger partial charge in [0.1, 0.15) is 5.69 Å². The lowest BCUT2D eigenvalue weighted by atomic mass is 9.83. The van der Waals surface area contributed by atoms with Crippen LogP contribution in [0.5, 0.6) is 0 Å². The Balaban J connectivity index is 2.00. The van der Waals surface area contributed by atoms with Crippen LogP contribution in [0.1, 0.15) is 40.5 Å². The van der Waals surface area contributed by atoms with Crippen LogP contribution in [0.4, 0.5) is 0 Å². The van der Waals surface area contributed by atoms with Crippen LogP contribution in [0.25, 0.3) is 0 Å². The molecule has 0 spiro atoms. The summed E-state index contributed by atoms with van der Waals surface area (Å²) in [6.07, 6.45) is 6.27. The maximum Gasteiger partial charge on any atom is 0.191 e. The van der Waals surface area contributed by atoms with Gasteiger partial charge in [-0.05, 0) is 68.8 Å². The van der Waals surface area contributed by atoms with Crippen molar-refractivity contribution in [2.75, 3.05) is 0 Å². The standard InChI is InChI=1S/C15H12Br2N2O/c16-10-7-12(17)14(19-8-10)15(20)11-5-1-3-9-4-2-6-18-13(9)11/h2,4,6-8,11H,1,3,5H2. The number of aromatic nitrogens is 2. The molecular weight excluding hydrogens is 384 g/mol. The zero-order valence-electron chi connectivity index (χ0n) is 10.6. The summed E-state index contributed by atoms with van der Waals surface area (Å²) in [5, 5.41) is 0. The molecule has 102 valence electrons. The molecular formula is C15H12Br2N2O. The Morgan fingerprint density at radius 2 is 2.15 bits per heavy atom. The molecule has 0 radical (unpaired) electrons. The number of ketones is 1. The Labute approximate surface area is 134 Å². The molecule has 1 aliphatic carbocycles. The van der Waals surface area contributed by atoms with E-state index in [9.17, 15) is 4.79 Å². The zero-order chi connectivity index (χ0) is 14.1. The first kappa shape index (κ1) is 13.9. The van der Waals surface area contributed by atoms with Crippen molar-refractivity contribution in [3.8, 4) is 0 Å². The Hall–Kier alpha value is -1.07. The van der Waals surface area contributed by atoms with Crippen molar-refractivity contribution in [3.05, 3.63) is 56.5 Å². The lowest BCUT2D eigenvalue weighted by Crippen LogP contribution is -2.21. The van der Waals surface area contributed by atoms with E-state index in [2.05, 4.69) is 47.9 Å². The first-order valence-corrected chi connectivity index (χ1v) is 8.04. The predicted octanol–water partition coefficient (Wildman–Crippen LogP) is 4.30. The molecule has 0 bridgehead atoms. The van der Waals surface area contributed by atoms with Crippen molar-refractivity contribution >= 4 is 37.6 Å². The van der Waals surface area contributed by atoms with Crippen molar-refractivity contribution in [1.29, 1.82) is 0 Å². The number of rotatable bonds is 2. The summed E-state index contributed by atoms with van der Waals surface area (Å²) in [6.45, 7) is 0. The Bertz CT molecular complexity index is 673. The molecule has 0 aliphatic heterocycles. The van der Waals surface area contributed by atoms with Crippen molar-refractivity contribution < 1.29 is 4.79 Å². The van der Waals surface area contributed by atoms with Crippen molar-refractivity contribution in [1.82, 2.24) is 9.97 Å². The van der Waals surface area contributed by atoms with Gasteiger partial charge in [0.15, 0.2) is 5.78 Å². The third-order valence-electron chi connectivity index (χ3n) is 3.55. The van der Waals surface area contributed by atoms with Crippen LogP contribution in [-0.2, 0) is 6.42 Å². The number of pyridine rings is 2. The van der Waals surface area contributed by atoms with Crippen LogP contribution in [-0.4, -0.2) is 15.8 Å². The van der Waals surface area contributed by atoms with Crippen LogP contribution in [0.3, 0.4) is 0 Å². The molecule has 0 saturated heterocycles. The molecule has 0 aromatic carbocycles. The number of halogens is 2. The maximum absolute atomic E-state index is 12.7. The number of hydrogen-bond donors (Lipinski definition) is 0. The number of Topliss-reactive ketones (excluding diaryl/α,β-unsaturated/α-hetero) is 1. The van der Waals surface area contributed by atoms with E-state index >= 15 is 0 Å². The average molecular weight is 396 g/mol. The largest absolute Gasteiger partial charge is 0.292 e. The van der Waals surface area contributed by atoms with Gasteiger partial charge in [0, 0.05) is 21.3 Å². The van der Waals surface area contributed by atoms with Gasteiger partial charge in [0.25, 0.3) is 0 Å². The minimum absolute atomic E-state index is 0.0454. The van der Waals surface area contributed by atoms with Gasteiger partial charge in [-0.15, -0.1) is 0 Å². The van der Waals surface area contributed by atoms with E-state index in [0.717, 1.165) is 33.9 Å². The highest BCUT2D eigenvalue weighted by Gasteiger charge is 2.30. The summed E-state index contributed by atoms with van der Waals surface area (Å²) in [5.41, 5.74) is 2.59. The van der Waals surface area contributed by atoms with Crippen molar-refractivity contribution in [3.63, 3.8) is 0 Å². The van der Waals surface area contributed by atoms with E-state index in [1.54, 1.807) is 12.4 Å². The minimum Gasteiger partial charge on any atom is -0.292 e. The van der Waals surface area contributed by atoms with Gasteiger partial charge < -0.3 is 0 Å². The van der Waals surface area contributed by atoms with Gasteiger partial charge in [-0.25, -0.2) is 0 Å². The van der Waals surface area contributed by atoms with E-state index < -0.39 is 0 Å². The number of nitrogens with zero attached hydrogens (tertiary/aromatic N) is 2. The summed E-state index contributed by atoms with van der Waals surface area (Å²) >= 11 is 6.77. The summed E-state index contributed by atoms with van der Waals surface area (Å²) < 4.78 is 1.57. The van der Waals surface area contributed by atoms with Crippen LogP contribution in [0, 0.1) is 0 Å². The molecule has 2 heterocycles. The fourth-order valence-corrected chi connectivity index (χ4v) is 3.81. The highest BCUT2D eigenvalue weighted by Crippen LogP contribution is 2.33. The highest BCUT2D eigenvalue weighted by atomic mass is 79.9. The summed E-state index contributed by atoms with van der Waals surface area (Å²) in [5.74, 6) is -0.131. The van der Waals surface area contributed by atoms with E-state index in [1.165, 1.54) is 5.56 Å². The van der Waals surface area contributed by atoms with Crippen molar-refractivity contribution in [2.24, 2.45) is 0 Å². The van der Waals surface area contributed by atoms with E-state index in [4.69, 9.17) is 0 Å². The monoisotopic (exact) mass is 394 g/mol. The summed E-state index contributed by atoms with van der Waals surface area (Å²) in [6, 6.07) is 5.84. The molecule has 5 heteroatoms.